The zero-order valence-corrected chi connectivity index (χ0v) is 12.6. The smallest absolute Gasteiger partial charge is 0.266 e. The van der Waals surface area contributed by atoms with E-state index in [9.17, 15) is 4.79 Å². The number of aryl methyl sites for hydroxylation is 1. The molecule has 4 nitrogen and oxygen atoms in total. The number of hydrogen-bond donors (Lipinski definition) is 1. The fourth-order valence-corrected chi connectivity index (χ4v) is 2.04. The van der Waals surface area contributed by atoms with Gasteiger partial charge >= 0.3 is 0 Å². The van der Waals surface area contributed by atoms with Gasteiger partial charge in [0.25, 0.3) is 5.91 Å². The monoisotopic (exact) mass is 319 g/mol. The SMILES string of the molecule is Cn1cccc1/C=C(\C#N)C(=O)Nc1cc(Cl)ccc1Cl. The second-order valence-electron chi connectivity index (χ2n) is 4.29. The lowest BCUT2D eigenvalue weighted by molar-refractivity contribution is -0.112. The first-order valence-corrected chi connectivity index (χ1v) is 6.76. The largest absolute Gasteiger partial charge is 0.351 e. The van der Waals surface area contributed by atoms with Gasteiger partial charge in [-0.15, -0.1) is 0 Å². The van der Waals surface area contributed by atoms with Crippen molar-refractivity contribution in [2.75, 3.05) is 5.32 Å². The Kier molecular flexibility index (Phi) is 4.69. The molecule has 1 amide bonds. The van der Waals surface area contributed by atoms with Crippen LogP contribution in [0.15, 0.2) is 42.1 Å². The van der Waals surface area contributed by atoms with Gasteiger partial charge in [0.05, 0.1) is 10.7 Å². The lowest BCUT2D eigenvalue weighted by Crippen LogP contribution is -2.14. The van der Waals surface area contributed by atoms with Crippen molar-refractivity contribution in [1.29, 1.82) is 5.26 Å². The van der Waals surface area contributed by atoms with E-state index in [1.807, 2.05) is 25.4 Å². The van der Waals surface area contributed by atoms with Crippen LogP contribution < -0.4 is 5.32 Å². The van der Waals surface area contributed by atoms with Crippen molar-refractivity contribution >= 4 is 40.9 Å². The van der Waals surface area contributed by atoms with E-state index in [0.717, 1.165) is 5.69 Å². The summed E-state index contributed by atoms with van der Waals surface area (Å²) in [5.74, 6) is -0.539. The van der Waals surface area contributed by atoms with Crippen LogP contribution in [-0.4, -0.2) is 10.5 Å². The minimum Gasteiger partial charge on any atom is -0.351 e. The molecule has 21 heavy (non-hydrogen) atoms. The summed E-state index contributed by atoms with van der Waals surface area (Å²) in [7, 11) is 1.83. The third kappa shape index (κ3) is 3.66. The van der Waals surface area contributed by atoms with Gasteiger partial charge in [0, 0.05) is 24.0 Å². The van der Waals surface area contributed by atoms with Crippen LogP contribution in [0.2, 0.25) is 10.0 Å². The Balaban J connectivity index is 2.26. The van der Waals surface area contributed by atoms with Gasteiger partial charge < -0.3 is 9.88 Å². The predicted octanol–water partition coefficient (Wildman–Crippen LogP) is 3.88. The summed E-state index contributed by atoms with van der Waals surface area (Å²) < 4.78 is 1.80. The number of benzene rings is 1. The molecular weight excluding hydrogens is 309 g/mol. The molecule has 0 saturated heterocycles. The maximum atomic E-state index is 12.1. The topological polar surface area (TPSA) is 57.8 Å². The Hall–Kier alpha value is -2.22. The van der Waals surface area contributed by atoms with Crippen molar-refractivity contribution in [3.63, 3.8) is 0 Å². The molecule has 6 heteroatoms. The number of carbonyl (C=O) groups excluding carboxylic acids is 1. The van der Waals surface area contributed by atoms with Gasteiger partial charge in [0.1, 0.15) is 11.6 Å². The highest BCUT2D eigenvalue weighted by Crippen LogP contribution is 2.25. The van der Waals surface area contributed by atoms with E-state index < -0.39 is 5.91 Å². The third-order valence-corrected chi connectivity index (χ3v) is 3.38. The van der Waals surface area contributed by atoms with Crippen molar-refractivity contribution in [2.45, 2.75) is 0 Å². The average molecular weight is 320 g/mol. The molecule has 2 rings (SSSR count). The van der Waals surface area contributed by atoms with Gasteiger partial charge in [-0.1, -0.05) is 23.2 Å². The van der Waals surface area contributed by atoms with Crippen molar-refractivity contribution < 1.29 is 4.79 Å². The summed E-state index contributed by atoms with van der Waals surface area (Å²) in [6.07, 6.45) is 3.33. The highest BCUT2D eigenvalue weighted by Gasteiger charge is 2.12. The number of rotatable bonds is 3. The summed E-state index contributed by atoms with van der Waals surface area (Å²) >= 11 is 11.8. The average Bonchev–Trinajstić information content (AvgIpc) is 2.85. The van der Waals surface area contributed by atoms with E-state index in [4.69, 9.17) is 28.5 Å². The van der Waals surface area contributed by atoms with Crippen LogP contribution in [-0.2, 0) is 11.8 Å². The molecule has 0 aliphatic carbocycles. The summed E-state index contributed by atoms with van der Waals surface area (Å²) in [6.45, 7) is 0. The molecule has 2 aromatic rings. The van der Waals surface area contributed by atoms with Crippen molar-refractivity contribution in [2.24, 2.45) is 7.05 Å². The van der Waals surface area contributed by atoms with E-state index in [-0.39, 0.29) is 5.57 Å². The molecule has 0 aliphatic rings. The van der Waals surface area contributed by atoms with Crippen molar-refractivity contribution in [3.8, 4) is 6.07 Å². The highest BCUT2D eigenvalue weighted by atomic mass is 35.5. The van der Waals surface area contributed by atoms with E-state index in [0.29, 0.717) is 15.7 Å². The lowest BCUT2D eigenvalue weighted by Gasteiger charge is -2.07. The number of amides is 1. The number of anilines is 1. The number of aromatic nitrogens is 1. The fraction of sp³-hybridized carbons (Fsp3) is 0.0667. The molecule has 1 aromatic heterocycles. The van der Waals surface area contributed by atoms with Crippen LogP contribution >= 0.6 is 23.2 Å². The molecule has 0 bridgehead atoms. The van der Waals surface area contributed by atoms with E-state index in [1.165, 1.54) is 12.1 Å². The zero-order chi connectivity index (χ0) is 15.4. The van der Waals surface area contributed by atoms with Crippen LogP contribution in [0.4, 0.5) is 5.69 Å². The molecule has 0 atom stereocenters. The molecule has 1 heterocycles. The van der Waals surface area contributed by atoms with Crippen molar-refractivity contribution in [3.05, 3.63) is 57.8 Å². The Morgan fingerprint density at radius 3 is 2.76 bits per heavy atom. The molecule has 0 unspecified atom stereocenters. The summed E-state index contributed by atoms with van der Waals surface area (Å²) in [4.78, 5) is 12.1. The number of nitriles is 1. The molecule has 1 aromatic carbocycles. The third-order valence-electron chi connectivity index (χ3n) is 2.82. The predicted molar refractivity (Wildman–Crippen MR) is 84.1 cm³/mol. The van der Waals surface area contributed by atoms with Crippen molar-refractivity contribution in [1.82, 2.24) is 4.57 Å². The maximum absolute atomic E-state index is 12.1. The van der Waals surface area contributed by atoms with Gasteiger partial charge in [-0.2, -0.15) is 5.26 Å². The first-order chi connectivity index (χ1) is 10.0. The van der Waals surface area contributed by atoms with Gasteiger partial charge in [0.2, 0.25) is 0 Å². The number of carbonyl (C=O) groups is 1. The number of nitrogens with zero attached hydrogens (tertiary/aromatic N) is 2. The van der Waals surface area contributed by atoms with Crippen LogP contribution in [0, 0.1) is 11.3 Å². The second-order valence-corrected chi connectivity index (χ2v) is 5.14. The number of nitrogens with one attached hydrogen (secondary N) is 1. The molecule has 0 aliphatic heterocycles. The number of halogens is 2. The highest BCUT2D eigenvalue weighted by molar-refractivity contribution is 6.36. The molecule has 0 spiro atoms. The zero-order valence-electron chi connectivity index (χ0n) is 11.1. The van der Waals surface area contributed by atoms with Crippen LogP contribution in [0.1, 0.15) is 5.69 Å². The lowest BCUT2D eigenvalue weighted by atomic mass is 10.2. The summed E-state index contributed by atoms with van der Waals surface area (Å²) in [5, 5.41) is 12.5. The fourth-order valence-electron chi connectivity index (χ4n) is 1.70. The second kappa shape index (κ2) is 6.49. The first-order valence-electron chi connectivity index (χ1n) is 6.01. The van der Waals surface area contributed by atoms with Crippen LogP contribution in [0.25, 0.3) is 6.08 Å². The molecule has 0 saturated carbocycles. The van der Waals surface area contributed by atoms with E-state index in [2.05, 4.69) is 5.32 Å². The standard InChI is InChI=1S/C15H11Cl2N3O/c1-20-6-2-3-12(20)7-10(9-18)15(21)19-14-8-11(16)4-5-13(14)17/h2-8H,1H3,(H,19,21)/b10-7+. The Morgan fingerprint density at radius 2 is 2.14 bits per heavy atom. The molecule has 0 radical (unpaired) electrons. The van der Waals surface area contributed by atoms with Gasteiger partial charge in [0.15, 0.2) is 0 Å². The van der Waals surface area contributed by atoms with Crippen LogP contribution in [0.3, 0.4) is 0 Å². The minimum absolute atomic E-state index is 0.0205. The van der Waals surface area contributed by atoms with E-state index in [1.54, 1.807) is 22.8 Å². The van der Waals surface area contributed by atoms with Crippen LogP contribution in [0.5, 0.6) is 0 Å². The first kappa shape index (κ1) is 15.2. The van der Waals surface area contributed by atoms with Gasteiger partial charge in [-0.25, -0.2) is 0 Å². The van der Waals surface area contributed by atoms with Gasteiger partial charge in [-0.3, -0.25) is 4.79 Å². The Morgan fingerprint density at radius 1 is 1.38 bits per heavy atom. The molecule has 0 fully saturated rings. The quantitative estimate of drug-likeness (QED) is 0.689. The Bertz CT molecular complexity index is 757. The minimum atomic E-state index is -0.539. The van der Waals surface area contributed by atoms with Gasteiger partial charge in [-0.05, 0) is 36.4 Å². The summed E-state index contributed by atoms with van der Waals surface area (Å²) in [5.41, 5.74) is 1.09. The Labute approximate surface area is 132 Å². The molecule has 106 valence electrons. The van der Waals surface area contributed by atoms with E-state index >= 15 is 0 Å². The maximum Gasteiger partial charge on any atom is 0.266 e. The summed E-state index contributed by atoms with van der Waals surface area (Å²) in [6, 6.07) is 10.2. The molecule has 1 N–H and O–H groups in total. The molecular formula is C15H11Cl2N3O. The number of hydrogen-bond acceptors (Lipinski definition) is 2. The normalized spacial score (nSPS) is 11.0.